The van der Waals surface area contributed by atoms with Crippen LogP contribution in [0.15, 0.2) is 59.6 Å². The molecule has 0 fully saturated rings. The smallest absolute Gasteiger partial charge is 0.264 e. The van der Waals surface area contributed by atoms with E-state index in [4.69, 9.17) is 34.8 Å². The number of hydrogen-bond acceptors (Lipinski definition) is 3. The highest BCUT2D eigenvalue weighted by Gasteiger charge is 2.21. The fourth-order valence-corrected chi connectivity index (χ4v) is 4.18. The van der Waals surface area contributed by atoms with E-state index in [9.17, 15) is 8.42 Å². The van der Waals surface area contributed by atoms with E-state index in [1.807, 2.05) is 30.3 Å². The van der Waals surface area contributed by atoms with Crippen molar-refractivity contribution < 1.29 is 8.42 Å². The molecule has 3 aromatic rings. The lowest BCUT2D eigenvalue weighted by molar-refractivity contribution is 0.600. The third-order valence-corrected chi connectivity index (χ3v) is 5.87. The Kier molecular flexibility index (Phi) is 5.24. The van der Waals surface area contributed by atoms with E-state index in [0.717, 1.165) is 5.56 Å². The molecule has 0 atom stereocenters. The molecule has 0 bridgehead atoms. The molecule has 1 heterocycles. The van der Waals surface area contributed by atoms with Gasteiger partial charge in [0.25, 0.3) is 10.0 Å². The molecule has 130 valence electrons. The summed E-state index contributed by atoms with van der Waals surface area (Å²) in [6, 6.07) is 13.7. The van der Waals surface area contributed by atoms with E-state index in [-0.39, 0.29) is 25.8 Å². The second-order valence-corrected chi connectivity index (χ2v) is 8.06. The maximum absolute atomic E-state index is 12.5. The number of benzene rings is 2. The van der Waals surface area contributed by atoms with Gasteiger partial charge >= 0.3 is 0 Å². The molecule has 0 amide bonds. The molecule has 5 nitrogen and oxygen atoms in total. The van der Waals surface area contributed by atoms with Crippen molar-refractivity contribution in [3.63, 3.8) is 0 Å². The van der Waals surface area contributed by atoms with Crippen molar-refractivity contribution in [3.8, 4) is 0 Å². The average Bonchev–Trinajstić information content (AvgIpc) is 2.98. The minimum atomic E-state index is -3.94. The molecule has 3 rings (SSSR count). The van der Waals surface area contributed by atoms with E-state index < -0.39 is 10.0 Å². The van der Waals surface area contributed by atoms with Gasteiger partial charge in [0, 0.05) is 12.3 Å². The minimum absolute atomic E-state index is 0.0226. The summed E-state index contributed by atoms with van der Waals surface area (Å²) in [7, 11) is -3.94. The van der Waals surface area contributed by atoms with Gasteiger partial charge in [-0.15, -0.1) is 0 Å². The van der Waals surface area contributed by atoms with E-state index in [1.165, 1.54) is 12.1 Å². The Morgan fingerprint density at radius 1 is 0.960 bits per heavy atom. The Bertz CT molecular complexity index is 1000. The Labute approximate surface area is 160 Å². The topological polar surface area (TPSA) is 64.0 Å². The first-order valence-electron chi connectivity index (χ1n) is 7.10. The van der Waals surface area contributed by atoms with E-state index in [2.05, 4.69) is 9.82 Å². The van der Waals surface area contributed by atoms with Gasteiger partial charge in [-0.1, -0.05) is 65.1 Å². The van der Waals surface area contributed by atoms with Gasteiger partial charge in [0.2, 0.25) is 0 Å². The summed E-state index contributed by atoms with van der Waals surface area (Å²) >= 11 is 17.7. The predicted octanol–water partition coefficient (Wildman–Crippen LogP) is 4.69. The van der Waals surface area contributed by atoms with Crippen molar-refractivity contribution in [2.45, 2.75) is 11.4 Å². The first-order valence-corrected chi connectivity index (χ1v) is 9.71. The van der Waals surface area contributed by atoms with E-state index in [0.29, 0.717) is 6.54 Å². The highest BCUT2D eigenvalue weighted by molar-refractivity contribution is 7.92. The van der Waals surface area contributed by atoms with Crippen molar-refractivity contribution >= 4 is 50.6 Å². The van der Waals surface area contributed by atoms with Crippen molar-refractivity contribution in [3.05, 3.63) is 75.4 Å². The Balaban J connectivity index is 1.81. The standard InChI is InChI=1S/C16H12Cl3N3O2S/c17-12-8-14(19)15(9-13(12)18)25(23,24)21-16-6-7-22(20-16)10-11-4-2-1-3-5-11/h1-9H,10H2,(H,20,21). The lowest BCUT2D eigenvalue weighted by atomic mass is 10.2. The van der Waals surface area contributed by atoms with Crippen LogP contribution in [-0.2, 0) is 16.6 Å². The molecular formula is C16H12Cl3N3O2S. The Morgan fingerprint density at radius 3 is 2.36 bits per heavy atom. The van der Waals surface area contributed by atoms with Crippen molar-refractivity contribution in [2.75, 3.05) is 4.72 Å². The van der Waals surface area contributed by atoms with Crippen LogP contribution in [0.5, 0.6) is 0 Å². The maximum Gasteiger partial charge on any atom is 0.264 e. The molecule has 0 aliphatic heterocycles. The number of rotatable bonds is 5. The number of halogens is 3. The molecule has 25 heavy (non-hydrogen) atoms. The third-order valence-electron chi connectivity index (χ3n) is 3.33. The SMILES string of the molecule is O=S(=O)(Nc1ccn(Cc2ccccc2)n1)c1cc(Cl)c(Cl)cc1Cl. The van der Waals surface area contributed by atoms with Crippen molar-refractivity contribution in [1.29, 1.82) is 0 Å². The van der Waals surface area contributed by atoms with Crippen LogP contribution in [0.4, 0.5) is 5.82 Å². The second-order valence-electron chi connectivity index (χ2n) is 5.19. The van der Waals surface area contributed by atoms with Crippen LogP contribution in [-0.4, -0.2) is 18.2 Å². The van der Waals surface area contributed by atoms with Gasteiger partial charge in [0.1, 0.15) is 4.90 Å². The van der Waals surface area contributed by atoms with E-state index in [1.54, 1.807) is 16.9 Å². The normalized spacial score (nSPS) is 11.5. The zero-order valence-electron chi connectivity index (χ0n) is 12.7. The summed E-state index contributed by atoms with van der Waals surface area (Å²) in [6.07, 6.45) is 1.68. The largest absolute Gasteiger partial charge is 0.266 e. The summed E-state index contributed by atoms with van der Waals surface area (Å²) in [5, 5.41) is 4.46. The number of hydrogen-bond donors (Lipinski definition) is 1. The summed E-state index contributed by atoms with van der Waals surface area (Å²) in [5.74, 6) is 0.179. The van der Waals surface area contributed by atoms with Gasteiger partial charge < -0.3 is 0 Å². The van der Waals surface area contributed by atoms with Gasteiger partial charge in [-0.3, -0.25) is 9.40 Å². The fraction of sp³-hybridized carbons (Fsp3) is 0.0625. The van der Waals surface area contributed by atoms with Crippen LogP contribution in [0.1, 0.15) is 5.56 Å². The van der Waals surface area contributed by atoms with Crippen molar-refractivity contribution in [1.82, 2.24) is 9.78 Å². The van der Waals surface area contributed by atoms with Crippen LogP contribution in [0.25, 0.3) is 0 Å². The highest BCUT2D eigenvalue weighted by Crippen LogP contribution is 2.32. The molecule has 0 aliphatic rings. The number of nitrogens with zero attached hydrogens (tertiary/aromatic N) is 2. The summed E-state index contributed by atoms with van der Waals surface area (Å²) < 4.78 is 29.0. The fourth-order valence-electron chi connectivity index (χ4n) is 2.18. The Morgan fingerprint density at radius 2 is 1.64 bits per heavy atom. The number of nitrogens with one attached hydrogen (secondary N) is 1. The van der Waals surface area contributed by atoms with Gasteiger partial charge in [0.15, 0.2) is 5.82 Å². The zero-order chi connectivity index (χ0) is 18.0. The minimum Gasteiger partial charge on any atom is -0.266 e. The van der Waals surface area contributed by atoms with Crippen LogP contribution >= 0.6 is 34.8 Å². The molecule has 2 aromatic carbocycles. The lowest BCUT2D eigenvalue weighted by Gasteiger charge is -2.09. The summed E-state index contributed by atoms with van der Waals surface area (Å²) in [6.45, 7) is 0.524. The first-order chi connectivity index (χ1) is 11.8. The number of anilines is 1. The van der Waals surface area contributed by atoms with Gasteiger partial charge in [-0.2, -0.15) is 5.10 Å². The molecule has 1 N–H and O–H groups in total. The first kappa shape index (κ1) is 18.1. The van der Waals surface area contributed by atoms with Crippen molar-refractivity contribution in [2.24, 2.45) is 0 Å². The zero-order valence-corrected chi connectivity index (χ0v) is 15.7. The van der Waals surface area contributed by atoms with Gasteiger partial charge in [-0.05, 0) is 17.7 Å². The molecule has 9 heteroatoms. The van der Waals surface area contributed by atoms with Crippen LogP contribution in [0.3, 0.4) is 0 Å². The highest BCUT2D eigenvalue weighted by atomic mass is 35.5. The van der Waals surface area contributed by atoms with Gasteiger partial charge in [0.05, 0.1) is 21.6 Å². The molecule has 0 aliphatic carbocycles. The predicted molar refractivity (Wildman–Crippen MR) is 100 cm³/mol. The second kappa shape index (κ2) is 7.25. The number of sulfonamides is 1. The quantitative estimate of drug-likeness (QED) is 0.614. The molecule has 0 spiro atoms. The average molecular weight is 417 g/mol. The molecule has 0 saturated heterocycles. The van der Waals surface area contributed by atoms with E-state index >= 15 is 0 Å². The Hall–Kier alpha value is -1.73. The monoisotopic (exact) mass is 415 g/mol. The summed E-state index contributed by atoms with van der Waals surface area (Å²) in [5.41, 5.74) is 1.05. The van der Waals surface area contributed by atoms with Gasteiger partial charge in [-0.25, -0.2) is 8.42 Å². The molecule has 0 radical (unpaired) electrons. The molecule has 1 aromatic heterocycles. The van der Waals surface area contributed by atoms with Crippen LogP contribution in [0, 0.1) is 0 Å². The third kappa shape index (κ3) is 4.27. The molecular weight excluding hydrogens is 405 g/mol. The number of aromatic nitrogens is 2. The lowest BCUT2D eigenvalue weighted by Crippen LogP contribution is -2.14. The van der Waals surface area contributed by atoms with Crippen LogP contribution in [0.2, 0.25) is 15.1 Å². The molecule has 0 saturated carbocycles. The van der Waals surface area contributed by atoms with Crippen LogP contribution < -0.4 is 4.72 Å². The molecule has 0 unspecified atom stereocenters. The maximum atomic E-state index is 12.5. The summed E-state index contributed by atoms with van der Waals surface area (Å²) in [4.78, 5) is -0.166.